The van der Waals surface area contributed by atoms with E-state index >= 15 is 0 Å². The van der Waals surface area contributed by atoms with Gasteiger partial charge in [0.1, 0.15) is 23.8 Å². The Labute approximate surface area is 267 Å². The molecule has 0 atom stereocenters. The monoisotopic (exact) mass is 670 g/mol. The summed E-state index contributed by atoms with van der Waals surface area (Å²) < 4.78 is 62.0. The normalized spacial score (nSPS) is 12.3. The number of anilines is 3. The second kappa shape index (κ2) is 14.7. The standard InChI is InChI=1S/C29H45F3N8O5Si/c1-10-44-25(41)22-21(18(2)38-39(22)6)35-26-36-23(33-12-11-13-34-27(42)45-28(3,4)5)20-19(29(30,31)32)16-40(24(20)37-26)17-43-14-15-46(7,8)9/h16H,10-15,17H2,1-9H3,(H,34,42)(H2,33,35,36,37). The van der Waals surface area contributed by atoms with Crippen molar-refractivity contribution >= 4 is 48.6 Å². The molecule has 0 aromatic carbocycles. The Morgan fingerprint density at radius 1 is 1.09 bits per heavy atom. The second-order valence-electron chi connectivity index (χ2n) is 12.9. The van der Waals surface area contributed by atoms with Crippen LogP contribution in [0.25, 0.3) is 11.0 Å². The van der Waals surface area contributed by atoms with Gasteiger partial charge in [0, 0.05) is 41.0 Å². The van der Waals surface area contributed by atoms with Crippen molar-refractivity contribution < 1.29 is 37.0 Å². The van der Waals surface area contributed by atoms with Crippen molar-refractivity contribution in [3.05, 3.63) is 23.1 Å². The highest BCUT2D eigenvalue weighted by Gasteiger charge is 2.37. The Morgan fingerprint density at radius 2 is 1.78 bits per heavy atom. The molecule has 0 unspecified atom stereocenters. The summed E-state index contributed by atoms with van der Waals surface area (Å²) in [5.74, 6) is -0.792. The number of esters is 1. The first-order valence-electron chi connectivity index (χ1n) is 15.0. The van der Waals surface area contributed by atoms with Crippen molar-refractivity contribution in [3.63, 3.8) is 0 Å². The summed E-state index contributed by atoms with van der Waals surface area (Å²) in [6.45, 7) is 15.8. The first-order valence-corrected chi connectivity index (χ1v) is 18.8. The van der Waals surface area contributed by atoms with Crippen LogP contribution in [-0.4, -0.2) is 76.4 Å². The average Bonchev–Trinajstić information content (AvgIpc) is 3.41. The Hall–Kier alpha value is -3.86. The fraction of sp³-hybridized carbons (Fsp3) is 0.621. The van der Waals surface area contributed by atoms with Gasteiger partial charge in [0.15, 0.2) is 5.69 Å². The van der Waals surface area contributed by atoms with Gasteiger partial charge in [0.2, 0.25) is 5.95 Å². The summed E-state index contributed by atoms with van der Waals surface area (Å²) in [7, 11) is 0.135. The zero-order chi connectivity index (χ0) is 34.4. The Morgan fingerprint density at radius 3 is 2.39 bits per heavy atom. The minimum atomic E-state index is -4.72. The topological polar surface area (TPSA) is 146 Å². The van der Waals surface area contributed by atoms with Crippen molar-refractivity contribution in [1.29, 1.82) is 0 Å². The molecular weight excluding hydrogens is 625 g/mol. The van der Waals surface area contributed by atoms with E-state index in [1.807, 2.05) is 0 Å². The molecule has 0 aliphatic carbocycles. The largest absolute Gasteiger partial charge is 0.461 e. The van der Waals surface area contributed by atoms with Gasteiger partial charge < -0.3 is 34.7 Å². The third kappa shape index (κ3) is 10.1. The van der Waals surface area contributed by atoms with E-state index in [1.165, 1.54) is 9.25 Å². The fourth-order valence-electron chi connectivity index (χ4n) is 4.38. The molecule has 3 aromatic rings. The third-order valence-corrected chi connectivity index (χ3v) is 8.19. The summed E-state index contributed by atoms with van der Waals surface area (Å²) in [5, 5.41) is 12.6. The third-order valence-electron chi connectivity index (χ3n) is 6.49. The number of carbonyl (C=O) groups excluding carboxylic acids is 2. The molecule has 1 amide bonds. The minimum Gasteiger partial charge on any atom is -0.461 e. The van der Waals surface area contributed by atoms with Gasteiger partial charge >= 0.3 is 18.2 Å². The number of nitrogens with zero attached hydrogens (tertiary/aromatic N) is 5. The van der Waals surface area contributed by atoms with E-state index in [-0.39, 0.29) is 60.6 Å². The number of alkyl carbamates (subject to hydrolysis) is 1. The summed E-state index contributed by atoms with van der Waals surface area (Å²) in [5.41, 5.74) is -0.830. The van der Waals surface area contributed by atoms with Crippen LogP contribution in [0.15, 0.2) is 6.20 Å². The van der Waals surface area contributed by atoms with E-state index in [1.54, 1.807) is 41.7 Å². The van der Waals surface area contributed by atoms with Gasteiger partial charge in [-0.2, -0.15) is 28.2 Å². The Bertz CT molecular complexity index is 1530. The maximum absolute atomic E-state index is 14.4. The molecular formula is C29H45F3N8O5Si. The molecule has 3 rings (SSSR count). The molecule has 3 heterocycles. The number of hydrogen-bond donors (Lipinski definition) is 3. The molecule has 17 heteroatoms. The van der Waals surface area contributed by atoms with Crippen LogP contribution in [0.2, 0.25) is 25.7 Å². The average molecular weight is 671 g/mol. The molecule has 0 fully saturated rings. The Balaban J connectivity index is 2.01. The molecule has 3 N–H and O–H groups in total. The van der Waals surface area contributed by atoms with Gasteiger partial charge in [0.25, 0.3) is 0 Å². The van der Waals surface area contributed by atoms with Gasteiger partial charge in [-0.1, -0.05) is 19.6 Å². The highest BCUT2D eigenvalue weighted by molar-refractivity contribution is 6.76. The maximum Gasteiger partial charge on any atom is 0.418 e. The van der Waals surface area contributed by atoms with Crippen LogP contribution in [0.1, 0.15) is 55.9 Å². The molecule has 0 saturated heterocycles. The molecule has 0 aliphatic rings. The van der Waals surface area contributed by atoms with Gasteiger partial charge in [0.05, 0.1) is 28.9 Å². The van der Waals surface area contributed by atoms with Crippen molar-refractivity contribution in [1.82, 2.24) is 29.6 Å². The van der Waals surface area contributed by atoms with E-state index in [0.29, 0.717) is 18.7 Å². The van der Waals surface area contributed by atoms with Crippen LogP contribution in [-0.2, 0) is 34.2 Å². The number of aromatic nitrogens is 5. The lowest BCUT2D eigenvalue weighted by Gasteiger charge is -2.19. The lowest BCUT2D eigenvalue weighted by Crippen LogP contribution is -2.33. The second-order valence-corrected chi connectivity index (χ2v) is 18.6. The highest BCUT2D eigenvalue weighted by Crippen LogP contribution is 2.39. The van der Waals surface area contributed by atoms with Gasteiger partial charge in [-0.15, -0.1) is 0 Å². The predicted molar refractivity (Wildman–Crippen MR) is 171 cm³/mol. The van der Waals surface area contributed by atoms with E-state index in [0.717, 1.165) is 12.2 Å². The lowest BCUT2D eigenvalue weighted by molar-refractivity contribution is -0.136. The number of amides is 1. The summed E-state index contributed by atoms with van der Waals surface area (Å²) in [4.78, 5) is 33.6. The molecule has 0 bridgehead atoms. The minimum absolute atomic E-state index is 0.0218. The van der Waals surface area contributed by atoms with E-state index in [2.05, 4.69) is 50.7 Å². The van der Waals surface area contributed by atoms with E-state index in [9.17, 15) is 22.8 Å². The quantitative estimate of drug-likeness (QED) is 0.105. The maximum atomic E-state index is 14.4. The number of fused-ring (bicyclic) bond motifs is 1. The first-order chi connectivity index (χ1) is 21.3. The number of alkyl halides is 3. The summed E-state index contributed by atoms with van der Waals surface area (Å²) in [6.07, 6.45) is -4.00. The van der Waals surface area contributed by atoms with Crippen LogP contribution in [0.4, 0.5) is 35.4 Å². The number of rotatable bonds is 14. The SMILES string of the molecule is CCOC(=O)c1c(Nc2nc(NCCCNC(=O)OC(C)(C)C)c3c(C(F)(F)F)cn(COCC[Si](C)(C)C)c3n2)c(C)nn1C. The number of ether oxygens (including phenoxy) is 3. The Kier molecular flexibility index (Phi) is 11.7. The van der Waals surface area contributed by atoms with Crippen LogP contribution in [0.3, 0.4) is 0 Å². The zero-order valence-corrected chi connectivity index (χ0v) is 28.9. The van der Waals surface area contributed by atoms with Crippen molar-refractivity contribution in [2.24, 2.45) is 7.05 Å². The van der Waals surface area contributed by atoms with Crippen LogP contribution < -0.4 is 16.0 Å². The first kappa shape index (κ1) is 36.6. The number of halogens is 3. The number of nitrogens with one attached hydrogen (secondary N) is 3. The predicted octanol–water partition coefficient (Wildman–Crippen LogP) is 6.05. The summed E-state index contributed by atoms with van der Waals surface area (Å²) >= 11 is 0. The summed E-state index contributed by atoms with van der Waals surface area (Å²) in [6, 6.07) is 0.834. The number of carbonyl (C=O) groups is 2. The zero-order valence-electron chi connectivity index (χ0n) is 27.9. The molecule has 13 nitrogen and oxygen atoms in total. The van der Waals surface area contributed by atoms with Crippen LogP contribution in [0, 0.1) is 6.92 Å². The van der Waals surface area contributed by atoms with Gasteiger partial charge in [-0.05, 0) is 47.1 Å². The van der Waals surface area contributed by atoms with Crippen LogP contribution in [0.5, 0.6) is 0 Å². The number of aryl methyl sites for hydroxylation is 2. The smallest absolute Gasteiger partial charge is 0.418 e. The number of hydrogen-bond acceptors (Lipinski definition) is 10. The highest BCUT2D eigenvalue weighted by atomic mass is 28.3. The van der Waals surface area contributed by atoms with E-state index < -0.39 is 37.5 Å². The van der Waals surface area contributed by atoms with E-state index in [4.69, 9.17) is 14.2 Å². The molecule has 0 aliphatic heterocycles. The molecule has 256 valence electrons. The van der Waals surface area contributed by atoms with Crippen molar-refractivity contribution in [2.45, 2.75) is 85.2 Å². The molecule has 46 heavy (non-hydrogen) atoms. The molecule has 3 aromatic heterocycles. The van der Waals surface area contributed by atoms with Crippen molar-refractivity contribution in [3.8, 4) is 0 Å². The molecule has 0 saturated carbocycles. The molecule has 0 spiro atoms. The van der Waals surface area contributed by atoms with Gasteiger partial charge in [-0.3, -0.25) is 4.68 Å². The van der Waals surface area contributed by atoms with Crippen LogP contribution >= 0.6 is 0 Å². The fourth-order valence-corrected chi connectivity index (χ4v) is 5.13. The van der Waals surface area contributed by atoms with Crippen molar-refractivity contribution in [2.75, 3.05) is 36.9 Å². The molecule has 0 radical (unpaired) electrons. The lowest BCUT2D eigenvalue weighted by atomic mass is 10.2. The van der Waals surface area contributed by atoms with Gasteiger partial charge in [-0.25, -0.2) is 9.59 Å².